The highest BCUT2D eigenvalue weighted by Gasteiger charge is 2.61. The number of hydrogen-bond donors (Lipinski definition) is 3. The second-order valence-electron chi connectivity index (χ2n) is 10.1. The molecule has 0 aliphatic carbocycles. The van der Waals surface area contributed by atoms with E-state index in [9.17, 15) is 23.7 Å². The number of aromatic nitrogens is 4. The predicted octanol–water partition coefficient (Wildman–Crippen LogP) is 2.90. The van der Waals surface area contributed by atoms with E-state index in [-0.39, 0.29) is 22.9 Å². The lowest BCUT2D eigenvalue weighted by Gasteiger charge is -2.29. The Bertz CT molecular complexity index is 1490. The van der Waals surface area contributed by atoms with E-state index in [1.54, 1.807) is 32.0 Å². The number of benzene rings is 1. The first-order valence-corrected chi connectivity index (χ1v) is 14.5. The Kier molecular flexibility index (Phi) is 8.83. The number of carbonyl (C=O) groups excluding carboxylic acids is 1. The second-order valence-corrected chi connectivity index (χ2v) is 12.1. The van der Waals surface area contributed by atoms with Crippen LogP contribution in [0.1, 0.15) is 33.9 Å². The lowest BCUT2D eigenvalue weighted by atomic mass is 9.95. The van der Waals surface area contributed by atoms with Crippen LogP contribution in [0.5, 0.6) is 5.75 Å². The maximum atomic E-state index is 16.1. The number of nitrogen functional groups attached to an aromatic ring is 1. The Balaban J connectivity index is 1.63. The van der Waals surface area contributed by atoms with Gasteiger partial charge in [0.1, 0.15) is 24.6 Å². The average molecular weight is 600 g/mol. The maximum Gasteiger partial charge on any atom is 0.380 e. The minimum absolute atomic E-state index is 0.167. The van der Waals surface area contributed by atoms with Crippen LogP contribution in [-0.2, 0) is 23.4 Å². The molecular weight excluding hydrogens is 567 g/mol. The number of esters is 1. The molecule has 0 radical (unpaired) electrons. The first kappa shape index (κ1) is 30.6. The van der Waals surface area contributed by atoms with Crippen LogP contribution in [-0.4, -0.2) is 73.5 Å². The van der Waals surface area contributed by atoms with Gasteiger partial charge in [-0.1, -0.05) is 25.1 Å². The van der Waals surface area contributed by atoms with E-state index in [2.05, 4.69) is 15.0 Å². The third-order valence-electron chi connectivity index (χ3n) is 6.44. The van der Waals surface area contributed by atoms with Crippen molar-refractivity contribution in [2.45, 2.75) is 64.0 Å². The number of ether oxygens (including phenoxy) is 2. The van der Waals surface area contributed by atoms with Crippen LogP contribution >= 0.6 is 7.60 Å². The summed E-state index contributed by atoms with van der Waals surface area (Å²) in [5.74, 6) is -1.70. The molecule has 13 nitrogen and oxygen atoms in total. The number of aliphatic hydroxyl groups excluding tert-OH is 1. The summed E-state index contributed by atoms with van der Waals surface area (Å²) in [4.78, 5) is 34.7. The Morgan fingerprint density at radius 1 is 1.29 bits per heavy atom. The topological polar surface area (TPSA) is 181 Å². The average Bonchev–Trinajstić information content (AvgIpc) is 3.42. The molecule has 1 fully saturated rings. The highest BCUT2D eigenvalue weighted by molar-refractivity contribution is 7.54. The van der Waals surface area contributed by atoms with Crippen molar-refractivity contribution in [1.82, 2.24) is 19.5 Å². The summed E-state index contributed by atoms with van der Waals surface area (Å²) in [6.45, 7) is 4.44. The van der Waals surface area contributed by atoms with Crippen molar-refractivity contribution in [2.75, 3.05) is 18.6 Å². The zero-order valence-electron chi connectivity index (χ0n) is 22.8. The fourth-order valence-electron chi connectivity index (χ4n) is 4.49. The second kappa shape index (κ2) is 11.8. The molecule has 1 aliphatic heterocycles. The molecule has 0 spiro atoms. The van der Waals surface area contributed by atoms with Gasteiger partial charge in [0.25, 0.3) is 5.56 Å². The number of nitrogens with zero attached hydrogens (tertiary/aromatic N) is 3. The number of halogens is 2. The molecule has 4 N–H and O–H groups in total. The molecule has 7 atom stereocenters. The number of carbonyl (C=O) groups is 1. The Hall–Kier alpha value is -3.39. The molecule has 0 bridgehead atoms. The number of para-hydroxylation sites is 1. The zero-order chi connectivity index (χ0) is 30.1. The number of H-pyrrole nitrogens is 1. The van der Waals surface area contributed by atoms with Crippen LogP contribution in [0.15, 0.2) is 41.5 Å². The number of rotatable bonds is 11. The fourth-order valence-corrected chi connectivity index (χ4v) is 6.59. The molecule has 4 rings (SSSR count). The Morgan fingerprint density at radius 2 is 1.98 bits per heavy atom. The summed E-state index contributed by atoms with van der Waals surface area (Å²) < 4.78 is 67.7. The van der Waals surface area contributed by atoms with E-state index in [1.165, 1.54) is 26.0 Å². The van der Waals surface area contributed by atoms with Gasteiger partial charge in [-0.05, 0) is 32.9 Å². The molecule has 1 saturated heterocycles. The van der Waals surface area contributed by atoms with Crippen molar-refractivity contribution in [1.29, 1.82) is 0 Å². The fraction of sp³-hybridized carbons (Fsp3) is 0.520. The monoisotopic (exact) mass is 599 g/mol. The van der Waals surface area contributed by atoms with Crippen molar-refractivity contribution in [3.63, 3.8) is 0 Å². The molecule has 1 aromatic carbocycles. The van der Waals surface area contributed by atoms with E-state index in [4.69, 9.17) is 24.3 Å². The van der Waals surface area contributed by atoms with Crippen molar-refractivity contribution in [2.24, 2.45) is 5.92 Å². The SMILES string of the molecule is CC(C)OC(=O)[C@H](C)CP(=O)(Oc1ccccc1)O[C@H](C)[C@H]1O[C@@H](n2cnc3c(=O)[nH]c(N)nc32)C(F)(CF)[C@H]1O. The van der Waals surface area contributed by atoms with Crippen LogP contribution in [0.3, 0.4) is 0 Å². The number of nitrogens with two attached hydrogens (primary N) is 1. The van der Waals surface area contributed by atoms with Crippen molar-refractivity contribution < 1.29 is 41.8 Å². The molecule has 224 valence electrons. The van der Waals surface area contributed by atoms with Crippen LogP contribution in [0.2, 0.25) is 0 Å². The number of fused-ring (bicyclic) bond motifs is 1. The number of nitrogens with one attached hydrogen (secondary N) is 1. The van der Waals surface area contributed by atoms with E-state index in [1.807, 2.05) is 0 Å². The van der Waals surface area contributed by atoms with Crippen molar-refractivity contribution in [3.8, 4) is 5.75 Å². The highest BCUT2D eigenvalue weighted by Crippen LogP contribution is 2.53. The van der Waals surface area contributed by atoms with Gasteiger partial charge in [-0.25, -0.2) is 18.3 Å². The molecule has 0 saturated carbocycles. The van der Waals surface area contributed by atoms with Gasteiger partial charge in [0.05, 0.1) is 30.6 Å². The first-order chi connectivity index (χ1) is 19.3. The van der Waals surface area contributed by atoms with E-state index >= 15 is 4.39 Å². The summed E-state index contributed by atoms with van der Waals surface area (Å²) in [6, 6.07) is 8.02. The van der Waals surface area contributed by atoms with Gasteiger partial charge in [-0.2, -0.15) is 4.98 Å². The normalized spacial score (nSPS) is 25.6. The number of alkyl halides is 2. The van der Waals surface area contributed by atoms with E-state index in [0.29, 0.717) is 0 Å². The van der Waals surface area contributed by atoms with Crippen LogP contribution < -0.4 is 15.8 Å². The van der Waals surface area contributed by atoms with Gasteiger partial charge in [-0.3, -0.25) is 23.7 Å². The number of imidazole rings is 1. The molecule has 3 aromatic rings. The lowest BCUT2D eigenvalue weighted by Crippen LogP contribution is -2.47. The quantitative estimate of drug-likeness (QED) is 0.218. The molecule has 3 heterocycles. The summed E-state index contributed by atoms with van der Waals surface area (Å²) >= 11 is 0. The van der Waals surface area contributed by atoms with Gasteiger partial charge < -0.3 is 24.8 Å². The molecule has 16 heteroatoms. The van der Waals surface area contributed by atoms with Gasteiger partial charge in [0.2, 0.25) is 11.6 Å². The van der Waals surface area contributed by atoms with Crippen molar-refractivity contribution in [3.05, 3.63) is 47.0 Å². The number of anilines is 1. The van der Waals surface area contributed by atoms with Crippen LogP contribution in [0, 0.1) is 5.92 Å². The van der Waals surface area contributed by atoms with E-state index in [0.717, 1.165) is 10.9 Å². The van der Waals surface area contributed by atoms with Gasteiger partial charge in [0, 0.05) is 0 Å². The maximum absolute atomic E-state index is 16.1. The van der Waals surface area contributed by atoms with Crippen LogP contribution in [0.4, 0.5) is 14.7 Å². The third kappa shape index (κ3) is 6.27. The molecule has 2 unspecified atom stereocenters. The Morgan fingerprint density at radius 3 is 2.61 bits per heavy atom. The smallest absolute Gasteiger partial charge is 0.380 e. The molecular formula is C25H32F2N5O8P. The summed E-state index contributed by atoms with van der Waals surface area (Å²) in [5.41, 5.74) is 1.43. The standard InChI is InChI=1S/C25H32F2N5O8P/c1-13(2)37-22(35)14(3)10-41(36,40-16-8-6-5-7-9-16)39-15(4)18-19(33)25(27,11-26)23(38-18)32-12-29-17-20(32)30-24(28)31-21(17)34/h5-9,12-15,18-19,23,33H,10-11H2,1-4H3,(H3,28,30,31,34)/t14-,15-,18-,19+,23-,25?,41?/m1/s1. The predicted molar refractivity (Wildman–Crippen MR) is 143 cm³/mol. The minimum atomic E-state index is -4.21. The van der Waals surface area contributed by atoms with Crippen LogP contribution in [0.25, 0.3) is 11.2 Å². The van der Waals surface area contributed by atoms with E-state index < -0.39 is 74.2 Å². The number of aromatic amines is 1. The lowest BCUT2D eigenvalue weighted by molar-refractivity contribution is -0.151. The van der Waals surface area contributed by atoms with Gasteiger partial charge >= 0.3 is 13.6 Å². The summed E-state index contributed by atoms with van der Waals surface area (Å²) in [7, 11) is -4.21. The number of hydrogen-bond acceptors (Lipinski definition) is 11. The Labute approximate surface area is 233 Å². The van der Waals surface area contributed by atoms with Gasteiger partial charge in [-0.15, -0.1) is 0 Å². The minimum Gasteiger partial charge on any atom is -0.463 e. The number of aliphatic hydroxyl groups is 1. The largest absolute Gasteiger partial charge is 0.463 e. The summed E-state index contributed by atoms with van der Waals surface area (Å²) in [5, 5.41) is 10.9. The zero-order valence-corrected chi connectivity index (χ0v) is 23.7. The molecule has 0 amide bonds. The van der Waals surface area contributed by atoms with Crippen molar-refractivity contribution >= 4 is 30.7 Å². The van der Waals surface area contributed by atoms with Gasteiger partial charge in [0.15, 0.2) is 17.4 Å². The third-order valence-corrected chi connectivity index (χ3v) is 8.57. The molecule has 2 aromatic heterocycles. The summed E-state index contributed by atoms with van der Waals surface area (Å²) in [6.07, 6.45) is -6.75. The molecule has 41 heavy (non-hydrogen) atoms. The first-order valence-electron chi connectivity index (χ1n) is 12.8. The molecule has 1 aliphatic rings. The highest BCUT2D eigenvalue weighted by atomic mass is 31.2.